The Hall–Kier alpha value is -3.04. The van der Waals surface area contributed by atoms with E-state index in [-0.39, 0.29) is 18.0 Å². The first-order valence-electron chi connectivity index (χ1n) is 8.23. The van der Waals surface area contributed by atoms with Gasteiger partial charge in [-0.1, -0.05) is 12.1 Å². The summed E-state index contributed by atoms with van der Waals surface area (Å²) in [6, 6.07) is 9.50. The predicted octanol–water partition coefficient (Wildman–Crippen LogP) is 1.67. The van der Waals surface area contributed by atoms with Crippen LogP contribution < -0.4 is 10.6 Å². The number of halogens is 1. The molecule has 2 aromatic carbocycles. The van der Waals surface area contributed by atoms with Gasteiger partial charge in [0.05, 0.1) is 17.6 Å². The SMILES string of the molecule is O=C(NCCc1ccc(F)cc1)N[C@H](CO)[C@H](O)c1ccc([N+](=O)[O-])cc1. The van der Waals surface area contributed by atoms with E-state index in [0.29, 0.717) is 12.0 Å². The number of urea groups is 1. The number of aliphatic hydroxyl groups is 2. The molecule has 0 fully saturated rings. The topological polar surface area (TPSA) is 125 Å². The fourth-order valence-electron chi connectivity index (χ4n) is 2.44. The highest BCUT2D eigenvalue weighted by Crippen LogP contribution is 2.20. The average molecular weight is 377 g/mol. The van der Waals surface area contributed by atoms with Crippen molar-refractivity contribution in [2.45, 2.75) is 18.6 Å². The molecule has 0 saturated carbocycles. The smallest absolute Gasteiger partial charge is 0.315 e. The lowest BCUT2D eigenvalue weighted by molar-refractivity contribution is -0.384. The van der Waals surface area contributed by atoms with E-state index in [0.717, 1.165) is 5.56 Å². The first-order valence-corrected chi connectivity index (χ1v) is 8.23. The molecule has 4 N–H and O–H groups in total. The number of hydrogen-bond donors (Lipinski definition) is 4. The van der Waals surface area contributed by atoms with Crippen molar-refractivity contribution in [3.8, 4) is 0 Å². The minimum atomic E-state index is -1.24. The molecule has 0 aliphatic carbocycles. The van der Waals surface area contributed by atoms with E-state index in [4.69, 9.17) is 0 Å². The molecule has 8 nitrogen and oxygen atoms in total. The van der Waals surface area contributed by atoms with Crippen molar-refractivity contribution in [1.29, 1.82) is 0 Å². The van der Waals surface area contributed by atoms with Crippen LogP contribution in [0, 0.1) is 15.9 Å². The van der Waals surface area contributed by atoms with Crippen molar-refractivity contribution < 1.29 is 24.3 Å². The summed E-state index contributed by atoms with van der Waals surface area (Å²) in [7, 11) is 0. The van der Waals surface area contributed by atoms with Gasteiger partial charge in [0.25, 0.3) is 5.69 Å². The van der Waals surface area contributed by atoms with Crippen molar-refractivity contribution in [2.24, 2.45) is 0 Å². The summed E-state index contributed by atoms with van der Waals surface area (Å²) in [6.07, 6.45) is -0.749. The monoisotopic (exact) mass is 377 g/mol. The lowest BCUT2D eigenvalue weighted by Gasteiger charge is -2.22. The Bertz CT molecular complexity index is 768. The molecule has 144 valence electrons. The molecule has 2 atom stereocenters. The number of amides is 2. The summed E-state index contributed by atoms with van der Waals surface area (Å²) >= 11 is 0. The number of nitrogens with one attached hydrogen (secondary N) is 2. The lowest BCUT2D eigenvalue weighted by Crippen LogP contribution is -2.47. The normalized spacial score (nSPS) is 12.9. The number of hydrogen-bond acceptors (Lipinski definition) is 5. The Morgan fingerprint density at radius 3 is 2.33 bits per heavy atom. The van der Waals surface area contributed by atoms with Gasteiger partial charge in [-0.3, -0.25) is 10.1 Å². The summed E-state index contributed by atoms with van der Waals surface area (Å²) in [4.78, 5) is 22.0. The maximum Gasteiger partial charge on any atom is 0.315 e. The summed E-state index contributed by atoms with van der Waals surface area (Å²) in [6.45, 7) is -0.243. The number of nitrogens with zero attached hydrogens (tertiary/aromatic N) is 1. The standard InChI is InChI=1S/C18H20FN3O5/c19-14-5-1-12(2-6-14)9-10-20-18(25)21-16(11-23)17(24)13-3-7-15(8-4-13)22(26)27/h1-8,16-17,23-24H,9-11H2,(H2,20,21,25)/t16-,17-/m1/s1. The van der Waals surface area contributed by atoms with Crippen molar-refractivity contribution in [3.05, 3.63) is 75.6 Å². The number of carbonyl (C=O) groups is 1. The van der Waals surface area contributed by atoms with E-state index in [1.807, 2.05) is 0 Å². The molecule has 9 heteroatoms. The zero-order valence-electron chi connectivity index (χ0n) is 14.3. The van der Waals surface area contributed by atoms with Crippen LogP contribution in [-0.2, 0) is 6.42 Å². The van der Waals surface area contributed by atoms with Gasteiger partial charge in [0, 0.05) is 18.7 Å². The Morgan fingerprint density at radius 1 is 1.15 bits per heavy atom. The van der Waals surface area contributed by atoms with E-state index in [1.165, 1.54) is 36.4 Å². The quantitative estimate of drug-likeness (QED) is 0.411. The van der Waals surface area contributed by atoms with Crippen molar-refractivity contribution in [1.82, 2.24) is 10.6 Å². The molecule has 0 unspecified atom stereocenters. The van der Waals surface area contributed by atoms with Crippen molar-refractivity contribution in [2.75, 3.05) is 13.2 Å². The molecular formula is C18H20FN3O5. The average Bonchev–Trinajstić information content (AvgIpc) is 2.67. The van der Waals surface area contributed by atoms with Crippen LogP contribution in [0.15, 0.2) is 48.5 Å². The summed E-state index contributed by atoms with van der Waals surface area (Å²) in [5, 5.41) is 35.4. The Labute approximate surface area is 154 Å². The maximum atomic E-state index is 12.8. The van der Waals surface area contributed by atoms with E-state index in [9.17, 15) is 29.5 Å². The van der Waals surface area contributed by atoms with Gasteiger partial charge in [-0.15, -0.1) is 0 Å². The molecule has 27 heavy (non-hydrogen) atoms. The van der Waals surface area contributed by atoms with E-state index in [1.54, 1.807) is 12.1 Å². The third-order valence-electron chi connectivity index (χ3n) is 3.95. The Morgan fingerprint density at radius 2 is 1.78 bits per heavy atom. The zero-order chi connectivity index (χ0) is 19.8. The second-order valence-electron chi connectivity index (χ2n) is 5.86. The highest BCUT2D eigenvalue weighted by atomic mass is 19.1. The zero-order valence-corrected chi connectivity index (χ0v) is 14.3. The number of carbonyl (C=O) groups excluding carboxylic acids is 1. The van der Waals surface area contributed by atoms with E-state index < -0.39 is 29.7 Å². The van der Waals surface area contributed by atoms with Gasteiger partial charge in [-0.05, 0) is 41.8 Å². The van der Waals surface area contributed by atoms with Crippen LogP contribution in [0.4, 0.5) is 14.9 Å². The Kier molecular flexibility index (Phi) is 7.21. The number of nitro groups is 1. The molecule has 2 aromatic rings. The number of benzene rings is 2. The molecule has 0 aromatic heterocycles. The second kappa shape index (κ2) is 9.60. The molecule has 0 aliphatic heterocycles. The molecular weight excluding hydrogens is 357 g/mol. The van der Waals surface area contributed by atoms with Gasteiger partial charge >= 0.3 is 6.03 Å². The first-order chi connectivity index (χ1) is 12.9. The minimum absolute atomic E-state index is 0.127. The number of nitro benzene ring substituents is 1. The molecule has 0 heterocycles. The van der Waals surface area contributed by atoms with Gasteiger partial charge in [0.1, 0.15) is 11.9 Å². The summed E-state index contributed by atoms with van der Waals surface area (Å²) < 4.78 is 12.8. The molecule has 0 spiro atoms. The number of non-ortho nitro benzene ring substituents is 1. The summed E-state index contributed by atoms with van der Waals surface area (Å²) in [5.74, 6) is -0.338. The molecule has 2 rings (SSSR count). The predicted molar refractivity (Wildman–Crippen MR) is 95.6 cm³/mol. The van der Waals surface area contributed by atoms with Crippen molar-refractivity contribution in [3.63, 3.8) is 0 Å². The molecule has 2 amide bonds. The van der Waals surface area contributed by atoms with Crippen LogP contribution in [0.2, 0.25) is 0 Å². The summed E-state index contributed by atoms with van der Waals surface area (Å²) in [5.41, 5.74) is 1.05. The second-order valence-corrected chi connectivity index (χ2v) is 5.86. The Balaban J connectivity index is 1.85. The maximum absolute atomic E-state index is 12.8. The molecule has 0 saturated heterocycles. The van der Waals surface area contributed by atoms with E-state index in [2.05, 4.69) is 10.6 Å². The van der Waals surface area contributed by atoms with Gasteiger partial charge in [0.2, 0.25) is 0 Å². The van der Waals surface area contributed by atoms with E-state index >= 15 is 0 Å². The van der Waals surface area contributed by atoms with Gasteiger partial charge in [0.15, 0.2) is 0 Å². The van der Waals surface area contributed by atoms with Crippen LogP contribution in [0.1, 0.15) is 17.2 Å². The van der Waals surface area contributed by atoms with Gasteiger partial charge in [-0.25, -0.2) is 9.18 Å². The largest absolute Gasteiger partial charge is 0.394 e. The van der Waals surface area contributed by atoms with Crippen LogP contribution in [0.5, 0.6) is 0 Å². The van der Waals surface area contributed by atoms with Crippen LogP contribution in [0.3, 0.4) is 0 Å². The number of aliphatic hydroxyl groups excluding tert-OH is 2. The van der Waals surface area contributed by atoms with Crippen molar-refractivity contribution >= 4 is 11.7 Å². The number of rotatable bonds is 8. The molecule has 0 aliphatic rings. The first kappa shape index (κ1) is 20.3. The third-order valence-corrected chi connectivity index (χ3v) is 3.95. The van der Waals surface area contributed by atoms with Crippen LogP contribution in [0.25, 0.3) is 0 Å². The van der Waals surface area contributed by atoms with Gasteiger partial charge in [-0.2, -0.15) is 0 Å². The molecule has 0 radical (unpaired) electrons. The third kappa shape index (κ3) is 6.01. The highest BCUT2D eigenvalue weighted by Gasteiger charge is 2.22. The molecule has 0 bridgehead atoms. The van der Waals surface area contributed by atoms with Crippen LogP contribution in [-0.4, -0.2) is 40.4 Å². The minimum Gasteiger partial charge on any atom is -0.394 e. The lowest BCUT2D eigenvalue weighted by atomic mass is 10.0. The fourth-order valence-corrected chi connectivity index (χ4v) is 2.44. The van der Waals surface area contributed by atoms with Gasteiger partial charge < -0.3 is 20.8 Å². The highest BCUT2D eigenvalue weighted by molar-refractivity contribution is 5.74. The fraction of sp³-hybridized carbons (Fsp3) is 0.278. The van der Waals surface area contributed by atoms with Crippen LogP contribution >= 0.6 is 0 Å².